The molecule has 94 valence electrons. The average molecular weight is 230 g/mol. The van der Waals surface area contributed by atoms with Crippen LogP contribution >= 0.6 is 0 Å². The smallest absolute Gasteiger partial charge is 0.220 e. The van der Waals surface area contributed by atoms with E-state index in [1.54, 1.807) is 7.11 Å². The van der Waals surface area contributed by atoms with E-state index >= 15 is 0 Å². The van der Waals surface area contributed by atoms with E-state index in [0.29, 0.717) is 38.7 Å². The second kappa shape index (κ2) is 8.50. The van der Waals surface area contributed by atoms with Gasteiger partial charge < -0.3 is 20.1 Å². The molecule has 1 amide bonds. The molecule has 5 heteroatoms. The van der Waals surface area contributed by atoms with Gasteiger partial charge in [0.25, 0.3) is 0 Å². The average Bonchev–Trinajstić information content (AvgIpc) is 2.22. The van der Waals surface area contributed by atoms with Crippen molar-refractivity contribution in [2.75, 3.05) is 46.6 Å². The number of methoxy groups -OCH3 is 1. The van der Waals surface area contributed by atoms with Crippen molar-refractivity contribution in [1.29, 1.82) is 0 Å². The molecule has 5 nitrogen and oxygen atoms in total. The fourth-order valence-corrected chi connectivity index (χ4v) is 1.47. The summed E-state index contributed by atoms with van der Waals surface area (Å²) in [5.74, 6) is 0.696. The highest BCUT2D eigenvalue weighted by Crippen LogP contribution is 2.07. The molecule has 0 saturated carbocycles. The van der Waals surface area contributed by atoms with Gasteiger partial charge in [0.2, 0.25) is 5.91 Å². The van der Waals surface area contributed by atoms with Crippen LogP contribution in [-0.2, 0) is 14.3 Å². The highest BCUT2D eigenvalue weighted by Gasteiger charge is 2.19. The van der Waals surface area contributed by atoms with Crippen molar-refractivity contribution in [1.82, 2.24) is 10.6 Å². The van der Waals surface area contributed by atoms with Crippen LogP contribution in [0.4, 0.5) is 0 Å². The molecule has 0 unspecified atom stereocenters. The van der Waals surface area contributed by atoms with Gasteiger partial charge in [0.15, 0.2) is 0 Å². The Hall–Kier alpha value is -0.650. The van der Waals surface area contributed by atoms with E-state index in [1.165, 1.54) is 0 Å². The Bertz CT molecular complexity index is 196. The predicted molar refractivity (Wildman–Crippen MR) is 61.3 cm³/mol. The fourth-order valence-electron chi connectivity index (χ4n) is 1.47. The van der Waals surface area contributed by atoms with Gasteiger partial charge in [-0.15, -0.1) is 0 Å². The summed E-state index contributed by atoms with van der Waals surface area (Å²) in [7, 11) is 1.65. The first-order chi connectivity index (χ1) is 7.83. The molecule has 0 spiro atoms. The fraction of sp³-hybridized carbons (Fsp3) is 0.909. The van der Waals surface area contributed by atoms with Gasteiger partial charge in [0.05, 0.1) is 13.2 Å². The molecule has 0 bridgehead atoms. The molecule has 1 heterocycles. The van der Waals surface area contributed by atoms with Crippen LogP contribution in [0, 0.1) is 5.92 Å². The molecule has 2 N–H and O–H groups in total. The monoisotopic (exact) mass is 230 g/mol. The third-order valence-corrected chi connectivity index (χ3v) is 2.56. The molecule has 0 aliphatic carbocycles. The van der Waals surface area contributed by atoms with E-state index in [-0.39, 0.29) is 5.91 Å². The van der Waals surface area contributed by atoms with E-state index < -0.39 is 0 Å². The van der Waals surface area contributed by atoms with Crippen molar-refractivity contribution >= 4 is 5.91 Å². The molecule has 1 aliphatic heterocycles. The van der Waals surface area contributed by atoms with Crippen LogP contribution in [0.3, 0.4) is 0 Å². The lowest BCUT2D eigenvalue weighted by Crippen LogP contribution is -2.44. The standard InChI is InChI=1S/C11H22N2O3/c1-15-5-6-16-4-2-3-13-11(14)7-10-8-12-9-10/h10,12H,2-9H2,1H3,(H,13,14). The maximum absolute atomic E-state index is 11.4. The maximum Gasteiger partial charge on any atom is 0.220 e. The Morgan fingerprint density at radius 1 is 1.38 bits per heavy atom. The van der Waals surface area contributed by atoms with Gasteiger partial charge in [0, 0.05) is 26.7 Å². The Labute approximate surface area is 96.9 Å². The van der Waals surface area contributed by atoms with Crippen molar-refractivity contribution in [2.45, 2.75) is 12.8 Å². The van der Waals surface area contributed by atoms with Crippen molar-refractivity contribution in [3.8, 4) is 0 Å². The highest BCUT2D eigenvalue weighted by molar-refractivity contribution is 5.76. The zero-order valence-electron chi connectivity index (χ0n) is 9.96. The molecule has 0 atom stereocenters. The van der Waals surface area contributed by atoms with E-state index in [4.69, 9.17) is 9.47 Å². The van der Waals surface area contributed by atoms with Gasteiger partial charge in [-0.25, -0.2) is 0 Å². The lowest BCUT2D eigenvalue weighted by molar-refractivity contribution is -0.122. The second-order valence-corrected chi connectivity index (χ2v) is 4.04. The maximum atomic E-state index is 11.4. The molecular formula is C11H22N2O3. The summed E-state index contributed by atoms with van der Waals surface area (Å²) in [6, 6.07) is 0. The van der Waals surface area contributed by atoms with Crippen LogP contribution in [0.15, 0.2) is 0 Å². The number of hydrogen-bond acceptors (Lipinski definition) is 4. The third-order valence-electron chi connectivity index (χ3n) is 2.56. The van der Waals surface area contributed by atoms with Crippen molar-refractivity contribution < 1.29 is 14.3 Å². The SMILES string of the molecule is COCCOCCCNC(=O)CC1CNC1. The summed E-state index contributed by atoms with van der Waals surface area (Å²) >= 11 is 0. The van der Waals surface area contributed by atoms with E-state index in [2.05, 4.69) is 10.6 Å². The second-order valence-electron chi connectivity index (χ2n) is 4.04. The van der Waals surface area contributed by atoms with Gasteiger partial charge in [-0.05, 0) is 25.4 Å². The quantitative estimate of drug-likeness (QED) is 0.537. The molecule has 0 aromatic heterocycles. The van der Waals surface area contributed by atoms with Gasteiger partial charge >= 0.3 is 0 Å². The minimum atomic E-state index is 0.156. The number of nitrogens with one attached hydrogen (secondary N) is 2. The zero-order valence-corrected chi connectivity index (χ0v) is 9.96. The minimum absolute atomic E-state index is 0.156. The number of carbonyl (C=O) groups excluding carboxylic acids is 1. The highest BCUT2D eigenvalue weighted by atomic mass is 16.5. The molecule has 1 rings (SSSR count). The third kappa shape index (κ3) is 6.05. The number of rotatable bonds is 9. The van der Waals surface area contributed by atoms with Crippen LogP contribution in [0.5, 0.6) is 0 Å². The van der Waals surface area contributed by atoms with Gasteiger partial charge in [-0.1, -0.05) is 0 Å². The first kappa shape index (κ1) is 13.4. The first-order valence-corrected chi connectivity index (χ1v) is 5.87. The normalized spacial score (nSPS) is 15.8. The zero-order chi connectivity index (χ0) is 11.6. The van der Waals surface area contributed by atoms with E-state index in [9.17, 15) is 4.79 Å². The lowest BCUT2D eigenvalue weighted by atomic mass is 9.99. The van der Waals surface area contributed by atoms with Gasteiger partial charge in [-0.3, -0.25) is 4.79 Å². The van der Waals surface area contributed by atoms with Crippen molar-refractivity contribution in [3.63, 3.8) is 0 Å². The summed E-state index contributed by atoms with van der Waals surface area (Å²) in [5, 5.41) is 6.05. The van der Waals surface area contributed by atoms with Gasteiger partial charge in [-0.2, -0.15) is 0 Å². The molecular weight excluding hydrogens is 208 g/mol. The Morgan fingerprint density at radius 2 is 2.19 bits per heavy atom. The Kier molecular flexibility index (Phi) is 7.12. The van der Waals surface area contributed by atoms with E-state index in [0.717, 1.165) is 19.5 Å². The molecule has 1 aliphatic rings. The summed E-state index contributed by atoms with van der Waals surface area (Å²) in [4.78, 5) is 11.4. The number of hydrogen-bond donors (Lipinski definition) is 2. The molecule has 1 saturated heterocycles. The first-order valence-electron chi connectivity index (χ1n) is 5.87. The molecule has 16 heavy (non-hydrogen) atoms. The summed E-state index contributed by atoms with van der Waals surface area (Å²) in [5.41, 5.74) is 0. The largest absolute Gasteiger partial charge is 0.382 e. The van der Waals surface area contributed by atoms with Gasteiger partial charge in [0.1, 0.15) is 0 Å². The van der Waals surface area contributed by atoms with E-state index in [1.807, 2.05) is 0 Å². The molecule has 0 aromatic carbocycles. The van der Waals surface area contributed by atoms with Crippen molar-refractivity contribution in [2.24, 2.45) is 5.92 Å². The van der Waals surface area contributed by atoms with Crippen molar-refractivity contribution in [3.05, 3.63) is 0 Å². The lowest BCUT2D eigenvalue weighted by Gasteiger charge is -2.26. The molecule has 0 radical (unpaired) electrons. The topological polar surface area (TPSA) is 59.6 Å². The summed E-state index contributed by atoms with van der Waals surface area (Å²) < 4.78 is 10.1. The minimum Gasteiger partial charge on any atom is -0.382 e. The van der Waals surface area contributed by atoms with Crippen LogP contribution < -0.4 is 10.6 Å². The predicted octanol–water partition coefficient (Wildman–Crippen LogP) is -0.235. The Morgan fingerprint density at radius 3 is 2.81 bits per heavy atom. The summed E-state index contributed by atoms with van der Waals surface area (Å²) in [6.07, 6.45) is 1.51. The number of ether oxygens (including phenoxy) is 2. The molecule has 1 fully saturated rings. The van der Waals surface area contributed by atoms with Crippen LogP contribution in [0.2, 0.25) is 0 Å². The number of carbonyl (C=O) groups is 1. The molecule has 0 aromatic rings. The number of amides is 1. The van der Waals surface area contributed by atoms with Crippen LogP contribution in [-0.4, -0.2) is 52.5 Å². The van der Waals surface area contributed by atoms with Crippen LogP contribution in [0.25, 0.3) is 0 Å². The summed E-state index contributed by atoms with van der Waals surface area (Å²) in [6.45, 7) is 4.58. The van der Waals surface area contributed by atoms with Crippen LogP contribution in [0.1, 0.15) is 12.8 Å². The Balaban J connectivity index is 1.80.